The first-order chi connectivity index (χ1) is 5.59. The lowest BCUT2D eigenvalue weighted by molar-refractivity contribution is -0.380. The Morgan fingerprint density at radius 1 is 1.75 bits per heavy atom. The van der Waals surface area contributed by atoms with Gasteiger partial charge in [0.05, 0.1) is 4.92 Å². The van der Waals surface area contributed by atoms with Crippen LogP contribution >= 0.6 is 11.3 Å². The Bertz CT molecular complexity index is 328. The summed E-state index contributed by atoms with van der Waals surface area (Å²) in [5.74, 6) is -0.167. The van der Waals surface area contributed by atoms with Crippen molar-refractivity contribution < 1.29 is 4.92 Å². The smallest absolute Gasteiger partial charge is 0.345 e. The molecule has 12 heavy (non-hydrogen) atoms. The Kier molecular flexibility index (Phi) is 2.19. The summed E-state index contributed by atoms with van der Waals surface area (Å²) in [6.45, 7) is 0. The second-order valence-electron chi connectivity index (χ2n) is 1.77. The molecule has 7 nitrogen and oxygen atoms in total. The Hall–Kier alpha value is -1.70. The summed E-state index contributed by atoms with van der Waals surface area (Å²) >= 11 is 0.812. The van der Waals surface area contributed by atoms with Crippen molar-refractivity contribution in [1.82, 2.24) is 4.98 Å². The fourth-order valence-corrected chi connectivity index (χ4v) is 1.13. The SMILES string of the molecule is NC(N)=Nc1ncc([N+](=O)[O-])s1. The Balaban J connectivity index is 2.92. The third-order valence-electron chi connectivity index (χ3n) is 0.886. The van der Waals surface area contributed by atoms with Gasteiger partial charge in [0.2, 0.25) is 5.13 Å². The van der Waals surface area contributed by atoms with Crippen LogP contribution < -0.4 is 11.5 Å². The van der Waals surface area contributed by atoms with Crippen molar-refractivity contribution in [1.29, 1.82) is 0 Å². The minimum Gasteiger partial charge on any atom is -0.370 e. The molecule has 0 aromatic carbocycles. The number of hydrogen-bond acceptors (Lipinski definition) is 5. The summed E-state index contributed by atoms with van der Waals surface area (Å²) in [7, 11) is 0. The van der Waals surface area contributed by atoms with Gasteiger partial charge in [-0.3, -0.25) is 10.1 Å². The molecule has 0 fully saturated rings. The maximum Gasteiger partial charge on any atom is 0.345 e. The fraction of sp³-hybridized carbons (Fsp3) is 0. The van der Waals surface area contributed by atoms with E-state index in [2.05, 4.69) is 9.98 Å². The normalized spacial score (nSPS) is 9.33. The lowest BCUT2D eigenvalue weighted by Gasteiger charge is -1.84. The number of aromatic nitrogens is 1. The van der Waals surface area contributed by atoms with Gasteiger partial charge in [-0.1, -0.05) is 0 Å². The molecule has 0 bridgehead atoms. The Labute approximate surface area is 70.9 Å². The van der Waals surface area contributed by atoms with Crippen LogP contribution in [0.15, 0.2) is 11.2 Å². The third-order valence-corrected chi connectivity index (χ3v) is 1.73. The van der Waals surface area contributed by atoms with Crippen molar-refractivity contribution in [3.63, 3.8) is 0 Å². The van der Waals surface area contributed by atoms with Gasteiger partial charge in [-0.05, 0) is 11.3 Å². The number of rotatable bonds is 2. The largest absolute Gasteiger partial charge is 0.370 e. The van der Waals surface area contributed by atoms with Crippen LogP contribution in [0, 0.1) is 10.1 Å². The van der Waals surface area contributed by atoms with Gasteiger partial charge < -0.3 is 11.5 Å². The van der Waals surface area contributed by atoms with Crippen LogP contribution in [-0.2, 0) is 0 Å². The van der Waals surface area contributed by atoms with Crippen molar-refractivity contribution in [3.8, 4) is 0 Å². The van der Waals surface area contributed by atoms with Crippen LogP contribution in [0.1, 0.15) is 0 Å². The minimum atomic E-state index is -0.552. The summed E-state index contributed by atoms with van der Waals surface area (Å²) in [6, 6.07) is 0. The second kappa shape index (κ2) is 3.13. The van der Waals surface area contributed by atoms with E-state index in [1.54, 1.807) is 0 Å². The van der Waals surface area contributed by atoms with Crippen LogP contribution in [0.25, 0.3) is 0 Å². The van der Waals surface area contributed by atoms with Gasteiger partial charge in [-0.25, -0.2) is 4.98 Å². The van der Waals surface area contributed by atoms with E-state index in [1.807, 2.05) is 0 Å². The molecular formula is C4H5N5O2S. The van der Waals surface area contributed by atoms with Crippen molar-refractivity contribution in [2.45, 2.75) is 0 Å². The maximum absolute atomic E-state index is 10.2. The number of nitrogens with zero attached hydrogens (tertiary/aromatic N) is 3. The standard InChI is InChI=1S/C4H5N5O2S/c5-3(6)8-4-7-1-2(12-4)9(10)11/h1H,(H4,5,6,7,8). The number of thiazole rings is 1. The van der Waals surface area contributed by atoms with Gasteiger partial charge in [0.1, 0.15) is 6.20 Å². The number of hydrogen-bond donors (Lipinski definition) is 2. The first kappa shape index (κ1) is 8.40. The van der Waals surface area contributed by atoms with E-state index in [-0.39, 0.29) is 16.1 Å². The quantitative estimate of drug-likeness (QED) is 0.291. The predicted molar refractivity (Wildman–Crippen MR) is 44.2 cm³/mol. The van der Waals surface area contributed by atoms with E-state index in [9.17, 15) is 10.1 Å². The van der Waals surface area contributed by atoms with E-state index in [0.29, 0.717) is 0 Å². The van der Waals surface area contributed by atoms with Gasteiger partial charge in [-0.15, -0.1) is 0 Å². The molecule has 0 amide bonds. The average Bonchev–Trinajstić information content (AvgIpc) is 2.34. The van der Waals surface area contributed by atoms with Gasteiger partial charge >= 0.3 is 5.00 Å². The molecule has 0 aliphatic carbocycles. The zero-order valence-electron chi connectivity index (χ0n) is 5.80. The molecule has 0 saturated carbocycles. The van der Waals surface area contributed by atoms with Crippen LogP contribution in [0.2, 0.25) is 0 Å². The average molecular weight is 187 g/mol. The molecule has 0 saturated heterocycles. The number of guanidine groups is 1. The van der Waals surface area contributed by atoms with Crippen molar-refractivity contribution in [2.24, 2.45) is 16.5 Å². The molecule has 0 aliphatic rings. The van der Waals surface area contributed by atoms with Gasteiger partial charge in [0.25, 0.3) is 0 Å². The van der Waals surface area contributed by atoms with Crippen molar-refractivity contribution in [3.05, 3.63) is 16.3 Å². The van der Waals surface area contributed by atoms with Crippen LogP contribution in [0.4, 0.5) is 10.1 Å². The molecule has 0 spiro atoms. The highest BCUT2D eigenvalue weighted by Crippen LogP contribution is 2.26. The molecule has 64 valence electrons. The third kappa shape index (κ3) is 1.89. The van der Waals surface area contributed by atoms with E-state index >= 15 is 0 Å². The molecule has 1 heterocycles. The molecule has 8 heteroatoms. The number of nitro groups is 1. The van der Waals surface area contributed by atoms with Crippen LogP contribution in [-0.4, -0.2) is 15.9 Å². The van der Waals surface area contributed by atoms with E-state index in [4.69, 9.17) is 11.5 Å². The molecule has 0 radical (unpaired) electrons. The predicted octanol–water partition coefficient (Wildman–Crippen LogP) is -0.0438. The molecule has 0 unspecified atom stereocenters. The summed E-state index contributed by atoms with van der Waals surface area (Å²) in [6.07, 6.45) is 1.10. The van der Waals surface area contributed by atoms with E-state index < -0.39 is 4.92 Å². The maximum atomic E-state index is 10.2. The molecule has 1 aromatic rings. The zero-order chi connectivity index (χ0) is 9.14. The molecule has 4 N–H and O–H groups in total. The summed E-state index contributed by atoms with van der Waals surface area (Å²) in [5.41, 5.74) is 10.1. The Morgan fingerprint density at radius 2 is 2.42 bits per heavy atom. The molecule has 0 atom stereocenters. The zero-order valence-corrected chi connectivity index (χ0v) is 6.61. The highest BCUT2D eigenvalue weighted by molar-refractivity contribution is 7.18. The fourth-order valence-electron chi connectivity index (χ4n) is 0.503. The first-order valence-electron chi connectivity index (χ1n) is 2.79. The van der Waals surface area contributed by atoms with Crippen LogP contribution in [0.5, 0.6) is 0 Å². The number of aliphatic imine (C=N–C) groups is 1. The molecular weight excluding hydrogens is 182 g/mol. The lowest BCUT2D eigenvalue weighted by Crippen LogP contribution is -2.21. The topological polar surface area (TPSA) is 120 Å². The van der Waals surface area contributed by atoms with Crippen molar-refractivity contribution >= 4 is 27.4 Å². The minimum absolute atomic E-state index is 0.0880. The molecule has 0 aliphatic heterocycles. The van der Waals surface area contributed by atoms with E-state index in [0.717, 1.165) is 17.5 Å². The second-order valence-corrected chi connectivity index (χ2v) is 2.76. The van der Waals surface area contributed by atoms with Gasteiger partial charge in [0, 0.05) is 0 Å². The summed E-state index contributed by atoms with van der Waals surface area (Å²) in [4.78, 5) is 16.8. The summed E-state index contributed by atoms with van der Waals surface area (Å²) in [5, 5.41) is 10.3. The van der Waals surface area contributed by atoms with Crippen LogP contribution in [0.3, 0.4) is 0 Å². The highest BCUT2D eigenvalue weighted by atomic mass is 32.1. The van der Waals surface area contributed by atoms with Gasteiger partial charge in [-0.2, -0.15) is 4.99 Å². The van der Waals surface area contributed by atoms with E-state index in [1.165, 1.54) is 0 Å². The first-order valence-corrected chi connectivity index (χ1v) is 3.61. The summed E-state index contributed by atoms with van der Waals surface area (Å²) < 4.78 is 0. The van der Waals surface area contributed by atoms with Gasteiger partial charge in [0.15, 0.2) is 5.96 Å². The Morgan fingerprint density at radius 3 is 2.83 bits per heavy atom. The highest BCUT2D eigenvalue weighted by Gasteiger charge is 2.10. The molecule has 1 rings (SSSR count). The lowest BCUT2D eigenvalue weighted by atomic mass is 10.9. The van der Waals surface area contributed by atoms with Crippen molar-refractivity contribution in [2.75, 3.05) is 0 Å². The monoisotopic (exact) mass is 187 g/mol. The number of nitrogens with two attached hydrogens (primary N) is 2. The molecule has 1 aromatic heterocycles.